The summed E-state index contributed by atoms with van der Waals surface area (Å²) in [4.78, 5) is 25.8. The average Bonchev–Trinajstić information content (AvgIpc) is 2.80. The summed E-state index contributed by atoms with van der Waals surface area (Å²) in [6.07, 6.45) is 1.47. The second-order valence-electron chi connectivity index (χ2n) is 6.60. The van der Waals surface area contributed by atoms with E-state index in [4.69, 9.17) is 4.74 Å². The van der Waals surface area contributed by atoms with E-state index in [2.05, 4.69) is 30.8 Å². The number of nitrogens with one attached hydrogen (secondary N) is 2. The van der Waals surface area contributed by atoms with Crippen LogP contribution < -0.4 is 15.6 Å². The lowest BCUT2D eigenvalue weighted by Gasteiger charge is -2.27. The molecular formula is C20H20N8O3. The zero-order valence-corrected chi connectivity index (χ0v) is 16.5. The minimum atomic E-state index is -0.452. The van der Waals surface area contributed by atoms with Gasteiger partial charge in [-0.2, -0.15) is 20.1 Å². The Labute approximate surface area is 178 Å². The number of hydrazone groups is 1. The molecule has 0 amide bonds. The molecule has 1 aromatic heterocycles. The topological polar surface area (TPSA) is 131 Å². The standard InChI is InChI=1S/C20H20N8O3/c29-28(30)17-8-4-5-15(13-17)14-21-26-19-23-18(22-16-6-2-1-3-7-16)24-20(25-19)27-9-11-31-12-10-27/h1-8,13-14H,9-12H2,(H2,22,23,24,25,26). The minimum Gasteiger partial charge on any atom is -0.378 e. The fourth-order valence-corrected chi connectivity index (χ4v) is 2.91. The van der Waals surface area contributed by atoms with Gasteiger partial charge in [-0.3, -0.25) is 10.1 Å². The highest BCUT2D eigenvalue weighted by atomic mass is 16.6. The van der Waals surface area contributed by atoms with Gasteiger partial charge in [0.2, 0.25) is 17.8 Å². The van der Waals surface area contributed by atoms with Gasteiger partial charge in [-0.05, 0) is 12.1 Å². The molecule has 0 aliphatic carbocycles. The van der Waals surface area contributed by atoms with Crippen LogP contribution in [0.4, 0.5) is 29.2 Å². The van der Waals surface area contributed by atoms with Gasteiger partial charge in [0.15, 0.2) is 0 Å². The summed E-state index contributed by atoms with van der Waals surface area (Å²) in [7, 11) is 0. The Bertz CT molecular complexity index is 1070. The molecule has 4 rings (SSSR count). The molecular weight excluding hydrogens is 400 g/mol. The molecule has 158 valence electrons. The lowest BCUT2D eigenvalue weighted by atomic mass is 10.2. The highest BCUT2D eigenvalue weighted by Crippen LogP contribution is 2.18. The number of aromatic nitrogens is 3. The van der Waals surface area contributed by atoms with Crippen LogP contribution in [0.1, 0.15) is 5.56 Å². The van der Waals surface area contributed by atoms with E-state index >= 15 is 0 Å². The van der Waals surface area contributed by atoms with Crippen molar-refractivity contribution in [3.63, 3.8) is 0 Å². The molecule has 2 N–H and O–H groups in total. The maximum Gasteiger partial charge on any atom is 0.270 e. The first-order chi connectivity index (χ1) is 15.2. The molecule has 11 nitrogen and oxygen atoms in total. The van der Waals surface area contributed by atoms with E-state index in [1.54, 1.807) is 12.1 Å². The first-order valence-electron chi connectivity index (χ1n) is 9.62. The number of hydrogen-bond acceptors (Lipinski definition) is 10. The van der Waals surface area contributed by atoms with Crippen molar-refractivity contribution in [1.82, 2.24) is 15.0 Å². The average molecular weight is 420 g/mol. The molecule has 1 fully saturated rings. The fourth-order valence-electron chi connectivity index (χ4n) is 2.91. The zero-order valence-electron chi connectivity index (χ0n) is 16.5. The minimum absolute atomic E-state index is 0.00642. The highest BCUT2D eigenvalue weighted by molar-refractivity contribution is 5.81. The highest BCUT2D eigenvalue weighted by Gasteiger charge is 2.16. The first-order valence-corrected chi connectivity index (χ1v) is 9.62. The summed E-state index contributed by atoms with van der Waals surface area (Å²) < 4.78 is 5.40. The van der Waals surface area contributed by atoms with Crippen molar-refractivity contribution in [3.05, 3.63) is 70.3 Å². The van der Waals surface area contributed by atoms with Crippen molar-refractivity contribution >= 4 is 35.4 Å². The molecule has 0 bridgehead atoms. The normalized spacial score (nSPS) is 13.9. The number of nitrogens with zero attached hydrogens (tertiary/aromatic N) is 6. The van der Waals surface area contributed by atoms with Gasteiger partial charge in [0.1, 0.15) is 0 Å². The van der Waals surface area contributed by atoms with Crippen LogP contribution in [0.2, 0.25) is 0 Å². The van der Waals surface area contributed by atoms with Gasteiger partial charge in [-0.25, -0.2) is 5.43 Å². The molecule has 0 atom stereocenters. The summed E-state index contributed by atoms with van der Waals surface area (Å²) in [6.45, 7) is 2.54. The summed E-state index contributed by atoms with van der Waals surface area (Å²) in [5, 5.41) is 18.2. The number of para-hydroxylation sites is 1. The quantitative estimate of drug-likeness (QED) is 0.336. The van der Waals surface area contributed by atoms with Gasteiger partial charge < -0.3 is 15.0 Å². The summed E-state index contributed by atoms with van der Waals surface area (Å²) >= 11 is 0. The van der Waals surface area contributed by atoms with Crippen molar-refractivity contribution < 1.29 is 9.66 Å². The number of hydrogen-bond donors (Lipinski definition) is 2. The maximum atomic E-state index is 10.9. The van der Waals surface area contributed by atoms with Crippen LogP contribution in [-0.2, 0) is 4.74 Å². The van der Waals surface area contributed by atoms with Crippen LogP contribution in [0.5, 0.6) is 0 Å². The predicted octanol–water partition coefficient (Wildman–Crippen LogP) is 2.81. The Balaban J connectivity index is 1.55. The Morgan fingerprint density at radius 2 is 1.81 bits per heavy atom. The largest absolute Gasteiger partial charge is 0.378 e. The van der Waals surface area contributed by atoms with E-state index in [0.29, 0.717) is 43.8 Å². The van der Waals surface area contributed by atoms with E-state index in [1.165, 1.54) is 18.3 Å². The van der Waals surface area contributed by atoms with Gasteiger partial charge in [0.05, 0.1) is 24.4 Å². The van der Waals surface area contributed by atoms with Crippen LogP contribution in [0.25, 0.3) is 0 Å². The lowest BCUT2D eigenvalue weighted by Crippen LogP contribution is -2.37. The molecule has 2 heterocycles. The van der Waals surface area contributed by atoms with Crippen LogP contribution in [-0.4, -0.2) is 52.4 Å². The second kappa shape index (κ2) is 9.59. The molecule has 0 saturated carbocycles. The van der Waals surface area contributed by atoms with E-state index in [1.807, 2.05) is 35.2 Å². The van der Waals surface area contributed by atoms with Gasteiger partial charge in [-0.15, -0.1) is 0 Å². The molecule has 0 unspecified atom stereocenters. The number of rotatable bonds is 7. The molecule has 2 aromatic carbocycles. The van der Waals surface area contributed by atoms with Gasteiger partial charge in [-0.1, -0.05) is 30.3 Å². The second-order valence-corrected chi connectivity index (χ2v) is 6.60. The molecule has 3 aromatic rings. The predicted molar refractivity (Wildman–Crippen MR) is 117 cm³/mol. The first kappa shape index (κ1) is 20.2. The molecule has 31 heavy (non-hydrogen) atoms. The molecule has 1 aliphatic rings. The third kappa shape index (κ3) is 5.48. The van der Waals surface area contributed by atoms with Crippen LogP contribution in [0, 0.1) is 10.1 Å². The van der Waals surface area contributed by atoms with Gasteiger partial charge in [0.25, 0.3) is 5.69 Å². The van der Waals surface area contributed by atoms with Gasteiger partial charge >= 0.3 is 0 Å². The monoisotopic (exact) mass is 420 g/mol. The van der Waals surface area contributed by atoms with Crippen molar-refractivity contribution in [2.45, 2.75) is 0 Å². The Hall–Kier alpha value is -4.12. The Morgan fingerprint density at radius 1 is 1.03 bits per heavy atom. The van der Waals surface area contributed by atoms with E-state index in [9.17, 15) is 10.1 Å². The van der Waals surface area contributed by atoms with Crippen molar-refractivity contribution in [3.8, 4) is 0 Å². The number of non-ortho nitro benzene ring substituents is 1. The van der Waals surface area contributed by atoms with Crippen molar-refractivity contribution in [1.29, 1.82) is 0 Å². The van der Waals surface area contributed by atoms with E-state index in [0.717, 1.165) is 5.69 Å². The van der Waals surface area contributed by atoms with Gasteiger partial charge in [0, 0.05) is 36.5 Å². The summed E-state index contributed by atoms with van der Waals surface area (Å²) in [5.74, 6) is 1.12. The molecule has 1 aliphatic heterocycles. The molecule has 1 saturated heterocycles. The number of benzene rings is 2. The third-order valence-electron chi connectivity index (χ3n) is 4.41. The summed E-state index contributed by atoms with van der Waals surface area (Å²) in [5.41, 5.74) is 4.20. The Kier molecular flexibility index (Phi) is 6.24. The van der Waals surface area contributed by atoms with Crippen LogP contribution >= 0.6 is 0 Å². The number of morpholine rings is 1. The lowest BCUT2D eigenvalue weighted by molar-refractivity contribution is -0.384. The number of ether oxygens (including phenoxy) is 1. The fraction of sp³-hybridized carbons (Fsp3) is 0.200. The number of nitro groups is 1. The van der Waals surface area contributed by atoms with Crippen LogP contribution in [0.15, 0.2) is 59.7 Å². The van der Waals surface area contributed by atoms with Crippen LogP contribution in [0.3, 0.4) is 0 Å². The SMILES string of the molecule is O=[N+]([O-])c1cccc(C=NNc2nc(Nc3ccccc3)nc(N3CCOCC3)n2)c1. The molecule has 0 radical (unpaired) electrons. The molecule has 11 heteroatoms. The third-order valence-corrected chi connectivity index (χ3v) is 4.41. The van der Waals surface area contributed by atoms with E-state index in [-0.39, 0.29) is 11.6 Å². The zero-order chi connectivity index (χ0) is 21.5. The smallest absolute Gasteiger partial charge is 0.270 e. The Morgan fingerprint density at radius 3 is 2.58 bits per heavy atom. The maximum absolute atomic E-state index is 10.9. The molecule has 0 spiro atoms. The van der Waals surface area contributed by atoms with Crippen molar-refractivity contribution in [2.75, 3.05) is 41.9 Å². The number of anilines is 4. The number of nitro benzene ring substituents is 1. The van der Waals surface area contributed by atoms with E-state index < -0.39 is 4.92 Å². The van der Waals surface area contributed by atoms with Crippen molar-refractivity contribution in [2.24, 2.45) is 5.10 Å². The summed E-state index contributed by atoms with van der Waals surface area (Å²) in [6, 6.07) is 15.7.